The van der Waals surface area contributed by atoms with Crippen molar-refractivity contribution < 1.29 is 14.7 Å². The van der Waals surface area contributed by atoms with Gasteiger partial charge in [0.25, 0.3) is 5.56 Å². The molecule has 0 bridgehead atoms. The maximum atomic E-state index is 12.4. The molecule has 1 aromatic carbocycles. The number of carbonyl (C=O) groups is 2. The smallest absolute Gasteiger partial charge is 0.329 e. The SMILES string of the molecule is C[C@]1(C(=O)O)CCN(C(=O)Cn2c(=O)[nH]c3ccccc3c2=O)C1. The first kappa shape index (κ1) is 16.0. The van der Waals surface area contributed by atoms with E-state index < -0.39 is 35.1 Å². The highest BCUT2D eigenvalue weighted by atomic mass is 16.4. The zero-order valence-corrected chi connectivity index (χ0v) is 13.1. The van der Waals surface area contributed by atoms with Gasteiger partial charge in [-0.25, -0.2) is 4.79 Å². The number of para-hydroxylation sites is 1. The Bertz CT molecular complexity index is 945. The molecular formula is C16H17N3O5. The Morgan fingerprint density at radius 1 is 1.29 bits per heavy atom. The lowest BCUT2D eigenvalue weighted by Gasteiger charge is -2.20. The second kappa shape index (κ2) is 5.63. The predicted molar refractivity (Wildman–Crippen MR) is 85.8 cm³/mol. The van der Waals surface area contributed by atoms with E-state index in [4.69, 9.17) is 0 Å². The lowest BCUT2D eigenvalue weighted by Crippen LogP contribution is -2.42. The van der Waals surface area contributed by atoms with Crippen LogP contribution in [0.15, 0.2) is 33.9 Å². The number of fused-ring (bicyclic) bond motifs is 1. The Balaban J connectivity index is 1.88. The molecule has 1 atom stereocenters. The van der Waals surface area contributed by atoms with Gasteiger partial charge in [-0.2, -0.15) is 0 Å². The number of amides is 1. The van der Waals surface area contributed by atoms with Gasteiger partial charge < -0.3 is 15.0 Å². The summed E-state index contributed by atoms with van der Waals surface area (Å²) >= 11 is 0. The highest BCUT2D eigenvalue weighted by Crippen LogP contribution is 2.30. The molecule has 0 spiro atoms. The van der Waals surface area contributed by atoms with Crippen molar-refractivity contribution in [2.24, 2.45) is 5.41 Å². The summed E-state index contributed by atoms with van der Waals surface area (Å²) in [6.45, 7) is 1.54. The molecule has 0 unspecified atom stereocenters. The van der Waals surface area contributed by atoms with Crippen LogP contribution >= 0.6 is 0 Å². The highest BCUT2D eigenvalue weighted by Gasteiger charge is 2.42. The van der Waals surface area contributed by atoms with Crippen molar-refractivity contribution in [1.82, 2.24) is 14.5 Å². The number of carboxylic acid groups (broad SMARTS) is 1. The number of aliphatic carboxylic acids is 1. The molecule has 1 aliphatic rings. The summed E-state index contributed by atoms with van der Waals surface area (Å²) in [5.41, 5.74) is -1.78. The normalized spacial score (nSPS) is 20.5. The van der Waals surface area contributed by atoms with E-state index in [-0.39, 0.29) is 6.54 Å². The maximum absolute atomic E-state index is 12.4. The van der Waals surface area contributed by atoms with Crippen LogP contribution in [0.5, 0.6) is 0 Å². The van der Waals surface area contributed by atoms with Gasteiger partial charge in [-0.15, -0.1) is 0 Å². The van der Waals surface area contributed by atoms with Gasteiger partial charge in [0.05, 0.1) is 16.3 Å². The van der Waals surface area contributed by atoms with Crippen LogP contribution in [0.1, 0.15) is 13.3 Å². The first-order valence-electron chi connectivity index (χ1n) is 7.55. The number of hydrogen-bond donors (Lipinski definition) is 2. The number of nitrogens with one attached hydrogen (secondary N) is 1. The third-order valence-corrected chi connectivity index (χ3v) is 4.53. The molecule has 1 amide bonds. The molecule has 0 aliphatic carbocycles. The van der Waals surface area contributed by atoms with E-state index in [1.54, 1.807) is 31.2 Å². The molecular weight excluding hydrogens is 314 g/mol. The van der Waals surface area contributed by atoms with E-state index in [9.17, 15) is 24.3 Å². The van der Waals surface area contributed by atoms with Gasteiger partial charge in [-0.05, 0) is 25.5 Å². The minimum absolute atomic E-state index is 0.0708. The zero-order chi connectivity index (χ0) is 17.5. The van der Waals surface area contributed by atoms with Gasteiger partial charge in [0.15, 0.2) is 0 Å². The van der Waals surface area contributed by atoms with Crippen LogP contribution < -0.4 is 11.2 Å². The third-order valence-electron chi connectivity index (χ3n) is 4.53. The van der Waals surface area contributed by atoms with Gasteiger partial charge in [-0.3, -0.25) is 19.0 Å². The fraction of sp³-hybridized carbons (Fsp3) is 0.375. The van der Waals surface area contributed by atoms with Crippen LogP contribution in [0.25, 0.3) is 10.9 Å². The minimum Gasteiger partial charge on any atom is -0.481 e. The van der Waals surface area contributed by atoms with Crippen LogP contribution in [0.3, 0.4) is 0 Å². The zero-order valence-electron chi connectivity index (χ0n) is 13.1. The molecule has 2 heterocycles. The Labute approximate surface area is 136 Å². The van der Waals surface area contributed by atoms with Crippen molar-refractivity contribution in [1.29, 1.82) is 0 Å². The fourth-order valence-electron chi connectivity index (χ4n) is 2.93. The quantitative estimate of drug-likeness (QED) is 0.823. The molecule has 1 aromatic heterocycles. The number of carboxylic acids is 1. The van der Waals surface area contributed by atoms with Crippen LogP contribution in [-0.2, 0) is 16.1 Å². The number of rotatable bonds is 3. The van der Waals surface area contributed by atoms with E-state index in [1.165, 1.54) is 4.90 Å². The Morgan fingerprint density at radius 2 is 2.00 bits per heavy atom. The first-order valence-corrected chi connectivity index (χ1v) is 7.55. The van der Waals surface area contributed by atoms with E-state index in [0.717, 1.165) is 4.57 Å². The number of carbonyl (C=O) groups excluding carboxylic acids is 1. The van der Waals surface area contributed by atoms with Crippen molar-refractivity contribution in [3.63, 3.8) is 0 Å². The molecule has 2 N–H and O–H groups in total. The standard InChI is InChI=1S/C16H17N3O5/c1-16(14(22)23)6-7-18(9-16)12(20)8-19-13(21)10-4-2-3-5-11(10)17-15(19)24/h2-5H,6-9H2,1H3,(H,17,24)(H,22,23)/t16-/m0/s1. The number of benzene rings is 1. The summed E-state index contributed by atoms with van der Waals surface area (Å²) in [6, 6.07) is 6.56. The molecule has 24 heavy (non-hydrogen) atoms. The van der Waals surface area contributed by atoms with E-state index in [0.29, 0.717) is 23.9 Å². The lowest BCUT2D eigenvalue weighted by atomic mass is 9.90. The van der Waals surface area contributed by atoms with Gasteiger partial charge >= 0.3 is 11.7 Å². The first-order chi connectivity index (χ1) is 11.3. The van der Waals surface area contributed by atoms with Gasteiger partial charge in [-0.1, -0.05) is 12.1 Å². The Kier molecular flexibility index (Phi) is 3.75. The predicted octanol–water partition coefficient (Wildman–Crippen LogP) is 0.0130. The third kappa shape index (κ3) is 2.60. The number of likely N-dealkylation sites (tertiary alicyclic amines) is 1. The van der Waals surface area contributed by atoms with Crippen molar-refractivity contribution in [2.75, 3.05) is 13.1 Å². The van der Waals surface area contributed by atoms with E-state index in [2.05, 4.69) is 4.98 Å². The summed E-state index contributed by atoms with van der Waals surface area (Å²) in [6.07, 6.45) is 0.344. The van der Waals surface area contributed by atoms with Crippen LogP contribution in [0.4, 0.5) is 0 Å². The molecule has 1 aliphatic heterocycles. The van der Waals surface area contributed by atoms with Crippen LogP contribution in [0.2, 0.25) is 0 Å². The van der Waals surface area contributed by atoms with Crippen LogP contribution in [0, 0.1) is 5.41 Å². The summed E-state index contributed by atoms with van der Waals surface area (Å²) in [5.74, 6) is -1.40. The molecule has 3 rings (SSSR count). The van der Waals surface area contributed by atoms with E-state index in [1.807, 2.05) is 0 Å². The van der Waals surface area contributed by atoms with Gasteiger partial charge in [0.1, 0.15) is 6.54 Å². The molecule has 2 aromatic rings. The Morgan fingerprint density at radius 3 is 2.67 bits per heavy atom. The summed E-state index contributed by atoms with van der Waals surface area (Å²) in [7, 11) is 0. The van der Waals surface area contributed by atoms with Crippen LogP contribution in [-0.4, -0.2) is 44.5 Å². The molecule has 1 saturated heterocycles. The summed E-state index contributed by atoms with van der Waals surface area (Å²) in [5, 5.41) is 9.54. The maximum Gasteiger partial charge on any atom is 0.329 e. The molecule has 8 nitrogen and oxygen atoms in total. The largest absolute Gasteiger partial charge is 0.481 e. The lowest BCUT2D eigenvalue weighted by molar-refractivity contribution is -0.147. The molecule has 1 fully saturated rings. The molecule has 0 saturated carbocycles. The molecule has 8 heteroatoms. The minimum atomic E-state index is -0.990. The molecule has 0 radical (unpaired) electrons. The fourth-order valence-corrected chi connectivity index (χ4v) is 2.93. The number of aromatic nitrogens is 2. The second-order valence-electron chi connectivity index (χ2n) is 6.30. The van der Waals surface area contributed by atoms with Crippen molar-refractivity contribution in [3.05, 3.63) is 45.1 Å². The molecule has 126 valence electrons. The number of aromatic amines is 1. The average molecular weight is 331 g/mol. The number of nitrogens with zero attached hydrogens (tertiary/aromatic N) is 2. The average Bonchev–Trinajstić information content (AvgIpc) is 2.95. The highest BCUT2D eigenvalue weighted by molar-refractivity contribution is 5.81. The van der Waals surface area contributed by atoms with Crippen molar-refractivity contribution >= 4 is 22.8 Å². The summed E-state index contributed by atoms with van der Waals surface area (Å²) in [4.78, 5) is 52.1. The topological polar surface area (TPSA) is 112 Å². The monoisotopic (exact) mass is 331 g/mol. The van der Waals surface area contributed by atoms with Gasteiger partial charge in [0.2, 0.25) is 5.91 Å². The second-order valence-corrected chi connectivity index (χ2v) is 6.30. The van der Waals surface area contributed by atoms with Crippen molar-refractivity contribution in [3.8, 4) is 0 Å². The Hall–Kier alpha value is -2.90. The number of H-pyrrole nitrogens is 1. The van der Waals surface area contributed by atoms with E-state index >= 15 is 0 Å². The summed E-state index contributed by atoms with van der Waals surface area (Å²) < 4.78 is 0.848. The van der Waals surface area contributed by atoms with Gasteiger partial charge in [0, 0.05) is 13.1 Å². The van der Waals surface area contributed by atoms with Crippen molar-refractivity contribution in [2.45, 2.75) is 19.9 Å². The number of hydrogen-bond acceptors (Lipinski definition) is 4.